The second-order valence-corrected chi connectivity index (χ2v) is 4.82. The highest BCUT2D eigenvalue weighted by Gasteiger charge is 2.08. The predicted octanol–water partition coefficient (Wildman–Crippen LogP) is 3.07. The maximum atomic E-state index is 10.7. The van der Waals surface area contributed by atoms with Crippen LogP contribution in [0.4, 0.5) is 11.4 Å². The van der Waals surface area contributed by atoms with Crippen LogP contribution in [0.5, 0.6) is 5.75 Å². The number of rotatable bonds is 6. The Kier molecular flexibility index (Phi) is 5.03. The zero-order valence-electron chi connectivity index (χ0n) is 12.0. The fraction of sp³-hybridized carbons (Fsp3) is 0.125. The number of non-ortho nitro benzene ring substituents is 1. The van der Waals surface area contributed by atoms with Crippen molar-refractivity contribution in [2.75, 3.05) is 0 Å². The second-order valence-electron chi connectivity index (χ2n) is 4.82. The first-order chi connectivity index (χ1) is 11.0. The highest BCUT2D eigenvalue weighted by atomic mass is 16.6. The summed E-state index contributed by atoms with van der Waals surface area (Å²) < 4.78 is 0. The van der Waals surface area contributed by atoms with E-state index in [1.807, 2.05) is 0 Å². The van der Waals surface area contributed by atoms with Crippen LogP contribution in [0.2, 0.25) is 0 Å². The summed E-state index contributed by atoms with van der Waals surface area (Å²) in [4.78, 5) is 24.8. The molecule has 0 saturated carbocycles. The Labute approximate surface area is 131 Å². The Hall–Kier alpha value is -3.22. The molecule has 0 heterocycles. The molecule has 2 aromatic rings. The zero-order chi connectivity index (χ0) is 16.8. The Morgan fingerprint density at radius 3 is 2.52 bits per heavy atom. The highest BCUT2D eigenvalue weighted by molar-refractivity contribution is 5.86. The first-order valence-electron chi connectivity index (χ1n) is 6.78. The summed E-state index contributed by atoms with van der Waals surface area (Å²) in [7, 11) is 0. The maximum Gasteiger partial charge on any atom is 0.303 e. The Balaban J connectivity index is 2.12. The van der Waals surface area contributed by atoms with E-state index in [1.54, 1.807) is 24.3 Å². The molecule has 0 saturated heterocycles. The van der Waals surface area contributed by atoms with Gasteiger partial charge in [0.15, 0.2) is 0 Å². The van der Waals surface area contributed by atoms with Crippen LogP contribution in [0.15, 0.2) is 47.5 Å². The first kappa shape index (κ1) is 16.2. The van der Waals surface area contributed by atoms with Crippen molar-refractivity contribution in [2.45, 2.75) is 12.8 Å². The molecule has 2 rings (SSSR count). The van der Waals surface area contributed by atoms with E-state index in [1.165, 1.54) is 24.4 Å². The number of hydrogen-bond donors (Lipinski definition) is 2. The standard InChI is InChI=1S/C16H14N2O5/c19-15-7-6-14(18(22)23)9-12(15)10-17-13-4-1-11(2-5-13)3-8-16(20)21/h1-2,4-7,9-10,19H,3,8H2,(H,20,21). The molecule has 0 fully saturated rings. The lowest BCUT2D eigenvalue weighted by atomic mass is 10.1. The highest BCUT2D eigenvalue weighted by Crippen LogP contribution is 2.22. The number of carboxylic acid groups (broad SMARTS) is 1. The van der Waals surface area contributed by atoms with Gasteiger partial charge in [-0.15, -0.1) is 0 Å². The van der Waals surface area contributed by atoms with Crippen molar-refractivity contribution in [2.24, 2.45) is 4.99 Å². The number of aryl methyl sites for hydroxylation is 1. The molecule has 0 aliphatic carbocycles. The Morgan fingerprint density at radius 1 is 1.22 bits per heavy atom. The number of phenols is 1. The lowest BCUT2D eigenvalue weighted by Gasteiger charge is -2.01. The van der Waals surface area contributed by atoms with Crippen molar-refractivity contribution in [1.82, 2.24) is 0 Å². The van der Waals surface area contributed by atoms with Crippen molar-refractivity contribution >= 4 is 23.6 Å². The Morgan fingerprint density at radius 2 is 1.91 bits per heavy atom. The van der Waals surface area contributed by atoms with Crippen LogP contribution in [0.25, 0.3) is 0 Å². The molecule has 118 valence electrons. The summed E-state index contributed by atoms with van der Waals surface area (Å²) >= 11 is 0. The molecule has 23 heavy (non-hydrogen) atoms. The van der Waals surface area contributed by atoms with Gasteiger partial charge in [-0.05, 0) is 30.2 Å². The summed E-state index contributed by atoms with van der Waals surface area (Å²) in [6.45, 7) is 0. The van der Waals surface area contributed by atoms with Gasteiger partial charge in [0.25, 0.3) is 5.69 Å². The molecule has 2 aromatic carbocycles. The number of nitrogens with zero attached hydrogens (tertiary/aromatic N) is 2. The molecule has 0 aromatic heterocycles. The van der Waals surface area contributed by atoms with Gasteiger partial charge in [-0.3, -0.25) is 19.9 Å². The number of aliphatic imine (C=N–C) groups is 1. The summed E-state index contributed by atoms with van der Waals surface area (Å²) in [5.74, 6) is -0.953. The minimum Gasteiger partial charge on any atom is -0.507 e. The number of carbonyl (C=O) groups is 1. The summed E-state index contributed by atoms with van der Waals surface area (Å²) in [5, 5.41) is 29.0. The fourth-order valence-electron chi connectivity index (χ4n) is 1.90. The van der Waals surface area contributed by atoms with Gasteiger partial charge in [-0.25, -0.2) is 0 Å². The number of benzene rings is 2. The largest absolute Gasteiger partial charge is 0.507 e. The quantitative estimate of drug-likeness (QED) is 0.483. The predicted molar refractivity (Wildman–Crippen MR) is 84.4 cm³/mol. The number of aromatic hydroxyl groups is 1. The molecule has 0 atom stereocenters. The molecule has 2 N–H and O–H groups in total. The molecule has 0 aliphatic heterocycles. The van der Waals surface area contributed by atoms with E-state index >= 15 is 0 Å². The van der Waals surface area contributed by atoms with Crippen LogP contribution in [0, 0.1) is 10.1 Å². The molecular formula is C16H14N2O5. The molecule has 0 radical (unpaired) electrons. The van der Waals surface area contributed by atoms with E-state index in [-0.39, 0.29) is 23.4 Å². The molecule has 7 heteroatoms. The number of nitro benzene ring substituents is 1. The fourth-order valence-corrected chi connectivity index (χ4v) is 1.90. The lowest BCUT2D eigenvalue weighted by molar-refractivity contribution is -0.384. The van der Waals surface area contributed by atoms with Gasteiger partial charge < -0.3 is 10.2 Å². The zero-order valence-corrected chi connectivity index (χ0v) is 12.0. The van der Waals surface area contributed by atoms with Crippen molar-refractivity contribution in [3.8, 4) is 5.75 Å². The van der Waals surface area contributed by atoms with Gasteiger partial charge in [0.2, 0.25) is 0 Å². The van der Waals surface area contributed by atoms with Crippen molar-refractivity contribution in [1.29, 1.82) is 0 Å². The number of aliphatic carboxylic acids is 1. The van der Waals surface area contributed by atoms with Gasteiger partial charge in [0, 0.05) is 30.3 Å². The third-order valence-electron chi connectivity index (χ3n) is 3.14. The van der Waals surface area contributed by atoms with Crippen LogP contribution in [0.1, 0.15) is 17.5 Å². The van der Waals surface area contributed by atoms with Crippen molar-refractivity contribution in [3.63, 3.8) is 0 Å². The molecular weight excluding hydrogens is 300 g/mol. The molecule has 0 spiro atoms. The SMILES string of the molecule is O=C(O)CCc1ccc(N=Cc2cc([N+](=O)[O-])ccc2O)cc1. The van der Waals surface area contributed by atoms with Gasteiger partial charge in [-0.1, -0.05) is 12.1 Å². The first-order valence-corrected chi connectivity index (χ1v) is 6.78. The maximum absolute atomic E-state index is 10.7. The molecule has 0 aliphatic rings. The summed E-state index contributed by atoms with van der Waals surface area (Å²) in [6, 6.07) is 10.6. The van der Waals surface area contributed by atoms with Gasteiger partial charge in [-0.2, -0.15) is 0 Å². The van der Waals surface area contributed by atoms with E-state index in [0.717, 1.165) is 5.56 Å². The number of phenolic OH excluding ortho intramolecular Hbond substituents is 1. The topological polar surface area (TPSA) is 113 Å². The van der Waals surface area contributed by atoms with Gasteiger partial charge >= 0.3 is 5.97 Å². The van der Waals surface area contributed by atoms with E-state index in [9.17, 15) is 20.0 Å². The number of carboxylic acids is 1. The van der Waals surface area contributed by atoms with E-state index < -0.39 is 10.9 Å². The molecule has 0 unspecified atom stereocenters. The third kappa shape index (κ3) is 4.63. The minimum atomic E-state index is -0.853. The monoisotopic (exact) mass is 314 g/mol. The van der Waals surface area contributed by atoms with Gasteiger partial charge in [0.05, 0.1) is 10.6 Å². The lowest BCUT2D eigenvalue weighted by Crippen LogP contribution is -1.96. The minimum absolute atomic E-state index is 0.0597. The average Bonchev–Trinajstić information content (AvgIpc) is 2.53. The van der Waals surface area contributed by atoms with E-state index in [0.29, 0.717) is 12.1 Å². The normalized spacial score (nSPS) is 10.8. The number of hydrogen-bond acceptors (Lipinski definition) is 5. The van der Waals surface area contributed by atoms with Crippen molar-refractivity contribution < 1.29 is 19.9 Å². The molecule has 0 bridgehead atoms. The van der Waals surface area contributed by atoms with Gasteiger partial charge in [0.1, 0.15) is 5.75 Å². The van der Waals surface area contributed by atoms with E-state index in [4.69, 9.17) is 5.11 Å². The van der Waals surface area contributed by atoms with Crippen LogP contribution >= 0.6 is 0 Å². The second kappa shape index (κ2) is 7.17. The summed E-state index contributed by atoms with van der Waals surface area (Å²) in [6.07, 6.45) is 1.84. The van der Waals surface area contributed by atoms with E-state index in [2.05, 4.69) is 4.99 Å². The van der Waals surface area contributed by atoms with Crippen LogP contribution < -0.4 is 0 Å². The Bertz CT molecular complexity index is 754. The number of nitro groups is 1. The van der Waals surface area contributed by atoms with Crippen LogP contribution in [-0.4, -0.2) is 27.3 Å². The average molecular weight is 314 g/mol. The van der Waals surface area contributed by atoms with Crippen LogP contribution in [-0.2, 0) is 11.2 Å². The smallest absolute Gasteiger partial charge is 0.303 e. The summed E-state index contributed by atoms with van der Waals surface area (Å²) in [5.41, 5.74) is 1.59. The molecule has 7 nitrogen and oxygen atoms in total. The van der Waals surface area contributed by atoms with Crippen molar-refractivity contribution in [3.05, 3.63) is 63.7 Å². The third-order valence-corrected chi connectivity index (χ3v) is 3.14. The molecule has 0 amide bonds. The van der Waals surface area contributed by atoms with Crippen LogP contribution in [0.3, 0.4) is 0 Å².